The lowest BCUT2D eigenvalue weighted by molar-refractivity contribution is 0.388. The number of halogens is 1. The molecule has 0 radical (unpaired) electrons. The van der Waals surface area contributed by atoms with Gasteiger partial charge in [-0.15, -0.1) is 0 Å². The Hall–Kier alpha value is -2.20. The molecule has 0 atom stereocenters. The van der Waals surface area contributed by atoms with E-state index in [1.807, 2.05) is 0 Å². The number of rotatable bonds is 5. The van der Waals surface area contributed by atoms with E-state index in [4.69, 9.17) is 10.5 Å². The SMILES string of the molecule is COc1c(N)cc(S(=O)(=O)NCc2ncon2)cc1F. The van der Waals surface area contributed by atoms with Gasteiger partial charge in [-0.25, -0.2) is 17.5 Å². The third kappa shape index (κ3) is 2.86. The van der Waals surface area contributed by atoms with Crippen LogP contribution in [0.15, 0.2) is 27.9 Å². The number of nitrogens with zero attached hydrogens (tertiary/aromatic N) is 2. The molecule has 1 heterocycles. The zero-order valence-electron chi connectivity index (χ0n) is 10.3. The molecule has 0 aliphatic rings. The largest absolute Gasteiger partial charge is 0.492 e. The Morgan fingerprint density at radius 1 is 1.50 bits per heavy atom. The van der Waals surface area contributed by atoms with Crippen molar-refractivity contribution >= 4 is 15.7 Å². The number of ether oxygens (including phenoxy) is 1. The van der Waals surface area contributed by atoms with Crippen LogP contribution < -0.4 is 15.2 Å². The van der Waals surface area contributed by atoms with Gasteiger partial charge in [0.25, 0.3) is 0 Å². The zero-order chi connectivity index (χ0) is 14.8. The third-order valence-corrected chi connectivity index (χ3v) is 3.77. The minimum Gasteiger partial charge on any atom is -0.492 e. The second-order valence-electron chi connectivity index (χ2n) is 3.70. The summed E-state index contributed by atoms with van der Waals surface area (Å²) in [4.78, 5) is 3.33. The first kappa shape index (κ1) is 14.2. The van der Waals surface area contributed by atoms with Crippen molar-refractivity contribution in [3.05, 3.63) is 30.2 Å². The van der Waals surface area contributed by atoms with Crippen molar-refractivity contribution in [2.45, 2.75) is 11.4 Å². The molecule has 0 unspecified atom stereocenters. The molecular weight excluding hydrogens is 291 g/mol. The van der Waals surface area contributed by atoms with Crippen molar-refractivity contribution in [1.29, 1.82) is 0 Å². The summed E-state index contributed by atoms with van der Waals surface area (Å²) in [7, 11) is -2.72. The summed E-state index contributed by atoms with van der Waals surface area (Å²) < 4.78 is 48.9. The first-order valence-electron chi connectivity index (χ1n) is 5.32. The highest BCUT2D eigenvalue weighted by molar-refractivity contribution is 7.89. The van der Waals surface area contributed by atoms with Gasteiger partial charge < -0.3 is 15.0 Å². The quantitative estimate of drug-likeness (QED) is 0.761. The molecule has 0 bridgehead atoms. The fourth-order valence-corrected chi connectivity index (χ4v) is 2.50. The minimum atomic E-state index is -3.95. The van der Waals surface area contributed by atoms with Crippen molar-refractivity contribution in [3.8, 4) is 5.75 Å². The van der Waals surface area contributed by atoms with Crippen LogP contribution in [0.25, 0.3) is 0 Å². The smallest absolute Gasteiger partial charge is 0.241 e. The molecule has 10 heteroatoms. The maximum Gasteiger partial charge on any atom is 0.241 e. The number of hydrogen-bond acceptors (Lipinski definition) is 7. The Kier molecular flexibility index (Phi) is 3.86. The van der Waals surface area contributed by atoms with Crippen LogP contribution in [0, 0.1) is 5.82 Å². The van der Waals surface area contributed by atoms with Crippen molar-refractivity contribution in [3.63, 3.8) is 0 Å². The lowest BCUT2D eigenvalue weighted by Gasteiger charge is -2.09. The highest BCUT2D eigenvalue weighted by atomic mass is 32.2. The first-order chi connectivity index (χ1) is 9.44. The Balaban J connectivity index is 2.25. The number of nitrogens with two attached hydrogens (primary N) is 1. The van der Waals surface area contributed by atoms with E-state index in [0.717, 1.165) is 18.5 Å². The summed E-state index contributed by atoms with van der Waals surface area (Å²) in [6.45, 7) is -0.188. The molecule has 1 aromatic carbocycles. The molecule has 0 saturated heterocycles. The van der Waals surface area contributed by atoms with Crippen LogP contribution in [0.5, 0.6) is 5.75 Å². The molecule has 20 heavy (non-hydrogen) atoms. The van der Waals surface area contributed by atoms with Crippen LogP contribution in [-0.4, -0.2) is 25.7 Å². The second-order valence-corrected chi connectivity index (χ2v) is 5.47. The maximum absolute atomic E-state index is 13.6. The van der Waals surface area contributed by atoms with Gasteiger partial charge in [-0.2, -0.15) is 4.98 Å². The average Bonchev–Trinajstić information content (AvgIpc) is 2.89. The number of nitrogens with one attached hydrogen (secondary N) is 1. The van der Waals surface area contributed by atoms with Crippen LogP contribution in [0.3, 0.4) is 0 Å². The van der Waals surface area contributed by atoms with Gasteiger partial charge in [-0.05, 0) is 12.1 Å². The predicted molar refractivity (Wildman–Crippen MR) is 65.7 cm³/mol. The fraction of sp³-hybridized carbons (Fsp3) is 0.200. The predicted octanol–water partition coefficient (Wildman–Crippen LogP) is 0.278. The molecule has 108 valence electrons. The molecule has 0 aliphatic heterocycles. The summed E-state index contributed by atoms with van der Waals surface area (Å²) in [5.41, 5.74) is 5.41. The van der Waals surface area contributed by atoms with Crippen LogP contribution in [-0.2, 0) is 16.6 Å². The van der Waals surface area contributed by atoms with Crippen LogP contribution >= 0.6 is 0 Å². The Morgan fingerprint density at radius 3 is 2.80 bits per heavy atom. The van der Waals surface area contributed by atoms with Crippen molar-refractivity contribution in [2.75, 3.05) is 12.8 Å². The molecule has 2 rings (SSSR count). The van der Waals surface area contributed by atoms with E-state index >= 15 is 0 Å². The summed E-state index contributed by atoms with van der Waals surface area (Å²) >= 11 is 0. The number of benzene rings is 1. The molecule has 0 fully saturated rings. The van der Waals surface area contributed by atoms with E-state index in [0.29, 0.717) is 0 Å². The van der Waals surface area contributed by atoms with Crippen molar-refractivity contribution < 1.29 is 22.1 Å². The summed E-state index contributed by atoms with van der Waals surface area (Å²) in [6.07, 6.45) is 1.06. The number of sulfonamides is 1. The topological polar surface area (TPSA) is 120 Å². The molecule has 1 aromatic heterocycles. The average molecular weight is 302 g/mol. The van der Waals surface area contributed by atoms with E-state index in [1.165, 1.54) is 7.11 Å². The minimum absolute atomic E-state index is 0.118. The van der Waals surface area contributed by atoms with Crippen molar-refractivity contribution in [1.82, 2.24) is 14.9 Å². The Bertz CT molecular complexity index is 679. The highest BCUT2D eigenvalue weighted by Crippen LogP contribution is 2.28. The number of aromatic nitrogens is 2. The summed E-state index contributed by atoms with van der Waals surface area (Å²) in [6, 6.07) is 1.91. The lowest BCUT2D eigenvalue weighted by Crippen LogP contribution is -2.24. The van der Waals surface area contributed by atoms with E-state index < -0.39 is 15.8 Å². The van der Waals surface area contributed by atoms with Crippen LogP contribution in [0.1, 0.15) is 5.82 Å². The molecular formula is C10H11FN4O4S. The molecule has 0 amide bonds. The van der Waals surface area contributed by atoms with E-state index in [1.54, 1.807) is 0 Å². The van der Waals surface area contributed by atoms with E-state index in [9.17, 15) is 12.8 Å². The molecule has 0 aliphatic carbocycles. The maximum atomic E-state index is 13.6. The van der Waals surface area contributed by atoms with Gasteiger partial charge in [0, 0.05) is 0 Å². The summed E-state index contributed by atoms with van der Waals surface area (Å²) in [5.74, 6) is -0.926. The van der Waals surface area contributed by atoms with E-state index in [2.05, 4.69) is 19.4 Å². The van der Waals surface area contributed by atoms with Crippen LogP contribution in [0.4, 0.5) is 10.1 Å². The lowest BCUT2D eigenvalue weighted by atomic mass is 10.3. The van der Waals surface area contributed by atoms with Gasteiger partial charge in [0.2, 0.25) is 16.4 Å². The molecule has 2 aromatic rings. The molecule has 0 spiro atoms. The van der Waals surface area contributed by atoms with Gasteiger partial charge >= 0.3 is 0 Å². The van der Waals surface area contributed by atoms with E-state index in [-0.39, 0.29) is 28.7 Å². The Morgan fingerprint density at radius 2 is 2.25 bits per heavy atom. The standard InChI is InChI=1S/C10H11FN4O4S/c1-18-10-7(11)2-6(3-8(10)12)20(16,17)14-4-9-13-5-19-15-9/h2-3,5,14H,4,12H2,1H3. The van der Waals surface area contributed by atoms with Gasteiger partial charge in [-0.1, -0.05) is 5.16 Å². The van der Waals surface area contributed by atoms with Crippen molar-refractivity contribution in [2.24, 2.45) is 0 Å². The normalized spacial score (nSPS) is 11.5. The first-order valence-corrected chi connectivity index (χ1v) is 6.80. The van der Waals surface area contributed by atoms with Gasteiger partial charge in [-0.3, -0.25) is 0 Å². The highest BCUT2D eigenvalue weighted by Gasteiger charge is 2.19. The molecule has 8 nitrogen and oxygen atoms in total. The fourth-order valence-electron chi connectivity index (χ4n) is 1.47. The molecule has 0 saturated carbocycles. The van der Waals surface area contributed by atoms with Gasteiger partial charge in [0.05, 0.1) is 24.2 Å². The monoisotopic (exact) mass is 302 g/mol. The zero-order valence-corrected chi connectivity index (χ0v) is 11.1. The molecule has 3 N–H and O–H groups in total. The Labute approximate surface area is 113 Å². The number of methoxy groups -OCH3 is 1. The number of nitrogen functional groups attached to an aromatic ring is 1. The van der Waals surface area contributed by atoms with Gasteiger partial charge in [0.15, 0.2) is 17.4 Å². The number of anilines is 1. The number of hydrogen-bond donors (Lipinski definition) is 2. The second kappa shape index (κ2) is 5.43. The third-order valence-electron chi connectivity index (χ3n) is 2.39. The van der Waals surface area contributed by atoms with Crippen LogP contribution in [0.2, 0.25) is 0 Å². The summed E-state index contributed by atoms with van der Waals surface area (Å²) in [5, 5.41) is 3.44. The van der Waals surface area contributed by atoms with Gasteiger partial charge in [0.1, 0.15) is 0 Å².